The third-order valence-electron chi connectivity index (χ3n) is 2.91. The number of nitrogens with zero attached hydrogens (tertiary/aromatic N) is 1. The summed E-state index contributed by atoms with van der Waals surface area (Å²) >= 11 is 0. The van der Waals surface area contributed by atoms with Crippen molar-refractivity contribution in [3.05, 3.63) is 59.2 Å². The first kappa shape index (κ1) is 14.4. The van der Waals surface area contributed by atoms with Gasteiger partial charge in [0.25, 0.3) is 0 Å². The van der Waals surface area contributed by atoms with Crippen LogP contribution in [0.25, 0.3) is 0 Å². The van der Waals surface area contributed by atoms with Crippen LogP contribution < -0.4 is 9.47 Å². The summed E-state index contributed by atoms with van der Waals surface area (Å²) < 4.78 is 10.8. The Morgan fingerprint density at radius 3 is 2.67 bits per heavy atom. The molecule has 0 radical (unpaired) electrons. The van der Waals surface area contributed by atoms with Gasteiger partial charge in [0.05, 0.1) is 18.7 Å². The predicted molar refractivity (Wildman–Crippen MR) is 75.4 cm³/mol. The Hall–Kier alpha value is -3.00. The highest BCUT2D eigenvalue weighted by Gasteiger charge is 2.11. The van der Waals surface area contributed by atoms with Crippen LogP contribution in [0.4, 0.5) is 0 Å². The number of carbonyl (C=O) groups is 1. The SMILES string of the molecule is COc1ccc(C#N)cc1COc1ccccc1C(=O)O. The summed E-state index contributed by atoms with van der Waals surface area (Å²) in [7, 11) is 1.52. The molecule has 0 saturated heterocycles. The summed E-state index contributed by atoms with van der Waals surface area (Å²) in [5, 5.41) is 18.0. The quantitative estimate of drug-likeness (QED) is 0.912. The van der Waals surface area contributed by atoms with Crippen LogP contribution in [-0.2, 0) is 6.61 Å². The van der Waals surface area contributed by atoms with Crippen molar-refractivity contribution in [3.63, 3.8) is 0 Å². The molecule has 5 nitrogen and oxygen atoms in total. The molecule has 0 aliphatic heterocycles. The number of para-hydroxylation sites is 1. The van der Waals surface area contributed by atoms with Gasteiger partial charge in [-0.15, -0.1) is 0 Å². The van der Waals surface area contributed by atoms with Crippen LogP contribution in [0.5, 0.6) is 11.5 Å². The number of hydrogen-bond acceptors (Lipinski definition) is 4. The van der Waals surface area contributed by atoms with Crippen LogP contribution in [0.3, 0.4) is 0 Å². The normalized spacial score (nSPS) is 9.71. The van der Waals surface area contributed by atoms with Crippen molar-refractivity contribution in [2.45, 2.75) is 6.61 Å². The van der Waals surface area contributed by atoms with Crippen LogP contribution >= 0.6 is 0 Å². The number of rotatable bonds is 5. The van der Waals surface area contributed by atoms with Gasteiger partial charge < -0.3 is 14.6 Å². The maximum absolute atomic E-state index is 11.1. The van der Waals surface area contributed by atoms with E-state index in [-0.39, 0.29) is 17.9 Å². The Morgan fingerprint density at radius 2 is 2.00 bits per heavy atom. The van der Waals surface area contributed by atoms with Gasteiger partial charge >= 0.3 is 5.97 Å². The third-order valence-corrected chi connectivity index (χ3v) is 2.91. The highest BCUT2D eigenvalue weighted by atomic mass is 16.5. The molecule has 2 aromatic rings. The lowest BCUT2D eigenvalue weighted by Crippen LogP contribution is -2.04. The zero-order valence-electron chi connectivity index (χ0n) is 11.4. The molecule has 0 amide bonds. The molecule has 0 atom stereocenters. The fourth-order valence-corrected chi connectivity index (χ4v) is 1.89. The van der Waals surface area contributed by atoms with Gasteiger partial charge in [-0.25, -0.2) is 4.79 Å². The molecule has 1 N–H and O–H groups in total. The Kier molecular flexibility index (Phi) is 4.42. The highest BCUT2D eigenvalue weighted by molar-refractivity contribution is 5.90. The topological polar surface area (TPSA) is 79.5 Å². The first-order valence-corrected chi connectivity index (χ1v) is 6.18. The van der Waals surface area contributed by atoms with Gasteiger partial charge in [-0.1, -0.05) is 12.1 Å². The monoisotopic (exact) mass is 283 g/mol. The average molecular weight is 283 g/mol. The smallest absolute Gasteiger partial charge is 0.339 e. The molecule has 21 heavy (non-hydrogen) atoms. The Balaban J connectivity index is 2.24. The molecule has 2 aromatic carbocycles. The summed E-state index contributed by atoms with van der Waals surface area (Å²) in [5.41, 5.74) is 1.26. The number of carboxylic acid groups (broad SMARTS) is 1. The van der Waals surface area contributed by atoms with Crippen molar-refractivity contribution >= 4 is 5.97 Å². The first-order valence-electron chi connectivity index (χ1n) is 6.18. The molecule has 0 unspecified atom stereocenters. The van der Waals surface area contributed by atoms with Crippen molar-refractivity contribution in [3.8, 4) is 17.6 Å². The van der Waals surface area contributed by atoms with Gasteiger partial charge in [0, 0.05) is 5.56 Å². The average Bonchev–Trinajstić information content (AvgIpc) is 2.52. The Morgan fingerprint density at radius 1 is 1.24 bits per heavy atom. The van der Waals surface area contributed by atoms with Gasteiger partial charge in [-0.3, -0.25) is 0 Å². The number of ether oxygens (including phenoxy) is 2. The maximum Gasteiger partial charge on any atom is 0.339 e. The van der Waals surface area contributed by atoms with Gasteiger partial charge in [0.15, 0.2) is 0 Å². The second-order valence-corrected chi connectivity index (χ2v) is 4.23. The van der Waals surface area contributed by atoms with Crippen molar-refractivity contribution in [1.29, 1.82) is 5.26 Å². The molecule has 0 spiro atoms. The minimum Gasteiger partial charge on any atom is -0.496 e. The summed E-state index contributed by atoms with van der Waals surface area (Å²) in [6, 6.07) is 13.4. The van der Waals surface area contributed by atoms with E-state index < -0.39 is 5.97 Å². The fourth-order valence-electron chi connectivity index (χ4n) is 1.89. The van der Waals surface area contributed by atoms with E-state index in [0.29, 0.717) is 16.9 Å². The van der Waals surface area contributed by atoms with Gasteiger partial charge in [-0.05, 0) is 30.3 Å². The minimum atomic E-state index is -1.05. The summed E-state index contributed by atoms with van der Waals surface area (Å²) in [6.45, 7) is 0.114. The van der Waals surface area contributed by atoms with Crippen molar-refractivity contribution < 1.29 is 19.4 Å². The summed E-state index contributed by atoms with van der Waals surface area (Å²) in [6.07, 6.45) is 0. The number of nitriles is 1. The summed E-state index contributed by atoms with van der Waals surface area (Å²) in [5.74, 6) is -0.195. The Labute approximate surface area is 122 Å². The standard InChI is InChI=1S/C16H13NO4/c1-20-14-7-6-11(9-17)8-12(14)10-21-15-5-3-2-4-13(15)16(18)19/h2-8H,10H2,1H3,(H,18,19). The lowest BCUT2D eigenvalue weighted by molar-refractivity contribution is 0.0691. The molecule has 5 heteroatoms. The molecule has 2 rings (SSSR count). The second-order valence-electron chi connectivity index (χ2n) is 4.23. The molecule has 0 aromatic heterocycles. The molecule has 0 aliphatic carbocycles. The van der Waals surface area contributed by atoms with Gasteiger partial charge in [0.1, 0.15) is 23.7 Å². The van der Waals surface area contributed by atoms with E-state index in [4.69, 9.17) is 19.8 Å². The van der Waals surface area contributed by atoms with Crippen molar-refractivity contribution in [2.75, 3.05) is 7.11 Å². The van der Waals surface area contributed by atoms with Crippen LogP contribution in [0.1, 0.15) is 21.5 Å². The maximum atomic E-state index is 11.1. The van der Waals surface area contributed by atoms with E-state index in [0.717, 1.165) is 0 Å². The largest absolute Gasteiger partial charge is 0.496 e. The fraction of sp³-hybridized carbons (Fsp3) is 0.125. The third kappa shape index (κ3) is 3.31. The minimum absolute atomic E-state index is 0.0907. The van der Waals surface area contributed by atoms with Crippen LogP contribution in [-0.4, -0.2) is 18.2 Å². The van der Waals surface area contributed by atoms with Crippen molar-refractivity contribution in [2.24, 2.45) is 0 Å². The molecular formula is C16H13NO4. The van der Waals surface area contributed by atoms with E-state index in [2.05, 4.69) is 0 Å². The van der Waals surface area contributed by atoms with Gasteiger partial charge in [-0.2, -0.15) is 5.26 Å². The van der Waals surface area contributed by atoms with Crippen LogP contribution in [0, 0.1) is 11.3 Å². The molecule has 0 aliphatic rings. The molecule has 0 fully saturated rings. The van der Waals surface area contributed by atoms with E-state index in [1.54, 1.807) is 36.4 Å². The number of methoxy groups -OCH3 is 1. The van der Waals surface area contributed by atoms with Crippen LogP contribution in [0.2, 0.25) is 0 Å². The summed E-state index contributed by atoms with van der Waals surface area (Å²) in [4.78, 5) is 11.1. The van der Waals surface area contributed by atoms with E-state index in [9.17, 15) is 4.79 Å². The molecular weight excluding hydrogens is 270 g/mol. The zero-order valence-corrected chi connectivity index (χ0v) is 11.4. The molecule has 106 valence electrons. The lowest BCUT2D eigenvalue weighted by atomic mass is 10.1. The predicted octanol–water partition coefficient (Wildman–Crippen LogP) is 2.84. The number of aromatic carboxylic acids is 1. The molecule has 0 saturated carbocycles. The second kappa shape index (κ2) is 6.44. The molecule has 0 bridgehead atoms. The number of benzene rings is 2. The number of carboxylic acids is 1. The van der Waals surface area contributed by atoms with Gasteiger partial charge in [0.2, 0.25) is 0 Å². The first-order chi connectivity index (χ1) is 10.2. The van der Waals surface area contributed by atoms with Crippen molar-refractivity contribution in [1.82, 2.24) is 0 Å². The zero-order chi connectivity index (χ0) is 15.2. The van der Waals surface area contributed by atoms with E-state index in [1.807, 2.05) is 6.07 Å². The lowest BCUT2D eigenvalue weighted by Gasteiger charge is -2.12. The van der Waals surface area contributed by atoms with E-state index >= 15 is 0 Å². The number of hydrogen-bond donors (Lipinski definition) is 1. The Bertz CT molecular complexity index is 704. The van der Waals surface area contributed by atoms with Crippen LogP contribution in [0.15, 0.2) is 42.5 Å². The highest BCUT2D eigenvalue weighted by Crippen LogP contribution is 2.24. The molecule has 0 heterocycles. The van der Waals surface area contributed by atoms with E-state index in [1.165, 1.54) is 13.2 Å².